The van der Waals surface area contributed by atoms with E-state index in [4.69, 9.17) is 23.2 Å². The molecule has 4 aromatic rings. The molecule has 8 nitrogen and oxygen atoms in total. The first kappa shape index (κ1) is 31.2. The summed E-state index contributed by atoms with van der Waals surface area (Å²) < 4.78 is 94.6. The number of amides is 1. The Morgan fingerprint density at radius 3 is 1.95 bits per heavy atom. The van der Waals surface area contributed by atoms with Gasteiger partial charge in [-0.1, -0.05) is 41.4 Å². The molecular formula is C27H20Cl2F3N3O5S2. The van der Waals surface area contributed by atoms with Crippen molar-refractivity contribution in [2.45, 2.75) is 16.0 Å². The Bertz CT molecular complexity index is 1800. The van der Waals surface area contributed by atoms with E-state index in [9.17, 15) is 34.8 Å². The summed E-state index contributed by atoms with van der Waals surface area (Å²) in [5.41, 5.74) is -1.24. The van der Waals surface area contributed by atoms with Gasteiger partial charge in [-0.25, -0.2) is 16.8 Å². The number of carbonyl (C=O) groups excluding carboxylic acids is 1. The number of carbonyl (C=O) groups is 1. The number of alkyl halides is 3. The van der Waals surface area contributed by atoms with Crippen molar-refractivity contribution in [3.63, 3.8) is 0 Å². The van der Waals surface area contributed by atoms with E-state index < -0.39 is 49.3 Å². The maximum Gasteiger partial charge on any atom is 0.417 e. The second-order valence-corrected chi connectivity index (χ2v) is 13.1. The van der Waals surface area contributed by atoms with Crippen molar-refractivity contribution >= 4 is 66.2 Å². The van der Waals surface area contributed by atoms with Gasteiger partial charge in [0.15, 0.2) is 0 Å². The maximum absolute atomic E-state index is 13.4. The molecule has 2 N–H and O–H groups in total. The smallest absolute Gasteiger partial charge is 0.325 e. The van der Waals surface area contributed by atoms with E-state index in [0.29, 0.717) is 11.1 Å². The number of nitrogens with zero attached hydrogens (tertiary/aromatic N) is 1. The molecule has 0 saturated carbocycles. The second kappa shape index (κ2) is 12.2. The molecule has 0 atom stereocenters. The highest BCUT2D eigenvalue weighted by Gasteiger charge is 2.34. The van der Waals surface area contributed by atoms with Crippen molar-refractivity contribution in [2.75, 3.05) is 20.9 Å². The van der Waals surface area contributed by atoms with Crippen LogP contribution in [0.1, 0.15) is 5.56 Å². The third-order valence-electron chi connectivity index (χ3n) is 5.71. The number of benzene rings is 4. The fourth-order valence-corrected chi connectivity index (χ4v) is 6.55. The van der Waals surface area contributed by atoms with Gasteiger partial charge in [-0.05, 0) is 78.9 Å². The van der Waals surface area contributed by atoms with Gasteiger partial charge >= 0.3 is 6.18 Å². The van der Waals surface area contributed by atoms with Crippen molar-refractivity contribution in [3.8, 4) is 0 Å². The van der Waals surface area contributed by atoms with Gasteiger partial charge in [-0.15, -0.1) is 0 Å². The van der Waals surface area contributed by atoms with E-state index in [1.807, 2.05) is 0 Å². The quantitative estimate of drug-likeness (QED) is 0.209. The van der Waals surface area contributed by atoms with E-state index in [2.05, 4.69) is 10.0 Å². The Balaban J connectivity index is 1.51. The van der Waals surface area contributed by atoms with Gasteiger partial charge < -0.3 is 5.32 Å². The Hall–Kier alpha value is -3.78. The van der Waals surface area contributed by atoms with Crippen LogP contribution in [0.3, 0.4) is 0 Å². The minimum Gasteiger partial charge on any atom is -0.325 e. The van der Waals surface area contributed by atoms with Gasteiger partial charge in [-0.2, -0.15) is 13.2 Å². The van der Waals surface area contributed by atoms with Crippen LogP contribution in [0.4, 0.5) is 30.2 Å². The molecule has 0 spiro atoms. The molecule has 0 aromatic heterocycles. The summed E-state index contributed by atoms with van der Waals surface area (Å²) in [5.74, 6) is -0.737. The van der Waals surface area contributed by atoms with E-state index in [-0.39, 0.29) is 26.9 Å². The van der Waals surface area contributed by atoms with Crippen LogP contribution in [0.5, 0.6) is 0 Å². The standard InChI is InChI=1S/C27H20Cl2F3N3O5S2/c28-18-6-11-21(12-7-18)35(42(39,40)23-4-2-1-3-5-23)17-26(36)33-19-8-13-22(14-9-19)41(37,38)34-20-10-15-25(29)24(16-20)27(30,31)32/h1-16,34H,17H2,(H,33,36). The van der Waals surface area contributed by atoms with Gasteiger partial charge in [0.05, 0.1) is 26.1 Å². The average molecular weight is 659 g/mol. The summed E-state index contributed by atoms with van der Waals surface area (Å²) in [4.78, 5) is 12.6. The number of anilines is 3. The van der Waals surface area contributed by atoms with Crippen LogP contribution in [0.2, 0.25) is 10.0 Å². The number of hydrogen-bond donors (Lipinski definition) is 2. The van der Waals surface area contributed by atoms with Crippen LogP contribution < -0.4 is 14.3 Å². The molecule has 4 aromatic carbocycles. The second-order valence-electron chi connectivity index (χ2n) is 8.67. The van der Waals surface area contributed by atoms with E-state index in [1.165, 1.54) is 48.5 Å². The molecule has 0 aliphatic carbocycles. The van der Waals surface area contributed by atoms with Gasteiger partial charge in [0.25, 0.3) is 20.0 Å². The topological polar surface area (TPSA) is 113 Å². The van der Waals surface area contributed by atoms with Crippen LogP contribution >= 0.6 is 23.2 Å². The Morgan fingerprint density at radius 1 is 0.762 bits per heavy atom. The van der Waals surface area contributed by atoms with E-state index >= 15 is 0 Å². The molecule has 0 radical (unpaired) electrons. The summed E-state index contributed by atoms with van der Waals surface area (Å²) >= 11 is 11.5. The zero-order valence-electron chi connectivity index (χ0n) is 21.1. The van der Waals surface area contributed by atoms with Gasteiger partial charge in [0.1, 0.15) is 6.54 Å². The van der Waals surface area contributed by atoms with Gasteiger partial charge in [0.2, 0.25) is 5.91 Å². The Morgan fingerprint density at radius 2 is 1.36 bits per heavy atom. The fraction of sp³-hybridized carbons (Fsp3) is 0.0741. The molecule has 0 heterocycles. The molecule has 0 saturated heterocycles. The minimum absolute atomic E-state index is 0.0437. The Labute approximate surface area is 249 Å². The highest BCUT2D eigenvalue weighted by molar-refractivity contribution is 7.93. The SMILES string of the molecule is O=C(CN(c1ccc(Cl)cc1)S(=O)(=O)c1ccccc1)Nc1ccc(S(=O)(=O)Nc2ccc(Cl)c(C(F)(F)F)c2)cc1. The lowest BCUT2D eigenvalue weighted by molar-refractivity contribution is -0.137. The summed E-state index contributed by atoms with van der Waals surface area (Å²) in [6.45, 7) is -0.626. The first-order valence-corrected chi connectivity index (χ1v) is 15.5. The molecule has 1 amide bonds. The van der Waals surface area contributed by atoms with Crippen molar-refractivity contribution in [3.05, 3.63) is 113 Å². The summed E-state index contributed by atoms with van der Waals surface area (Å²) in [7, 11) is -8.48. The van der Waals surface area contributed by atoms with Crippen LogP contribution in [-0.2, 0) is 31.0 Å². The van der Waals surface area contributed by atoms with Crippen LogP contribution in [0, 0.1) is 0 Å². The molecule has 15 heteroatoms. The first-order chi connectivity index (χ1) is 19.7. The van der Waals surface area contributed by atoms with Crippen molar-refractivity contribution in [1.82, 2.24) is 0 Å². The van der Waals surface area contributed by atoms with E-state index in [1.54, 1.807) is 18.2 Å². The highest BCUT2D eigenvalue weighted by Crippen LogP contribution is 2.36. The largest absolute Gasteiger partial charge is 0.417 e. The lowest BCUT2D eigenvalue weighted by Gasteiger charge is -2.24. The zero-order chi connectivity index (χ0) is 30.7. The predicted octanol–water partition coefficient (Wildman–Crippen LogP) is 6.65. The van der Waals surface area contributed by atoms with Crippen molar-refractivity contribution in [1.29, 1.82) is 0 Å². The molecule has 0 bridgehead atoms. The first-order valence-electron chi connectivity index (χ1n) is 11.8. The van der Waals surface area contributed by atoms with Crippen LogP contribution in [-0.4, -0.2) is 29.3 Å². The number of hydrogen-bond acceptors (Lipinski definition) is 5. The third kappa shape index (κ3) is 7.34. The summed E-state index contributed by atoms with van der Waals surface area (Å²) in [6.07, 6.45) is -4.79. The van der Waals surface area contributed by atoms with Gasteiger partial charge in [0, 0.05) is 16.4 Å². The molecular weight excluding hydrogens is 638 g/mol. The lowest BCUT2D eigenvalue weighted by atomic mass is 10.2. The Kier molecular flexibility index (Phi) is 9.06. The zero-order valence-corrected chi connectivity index (χ0v) is 24.3. The number of rotatable bonds is 9. The fourth-order valence-electron chi connectivity index (χ4n) is 3.71. The molecule has 0 unspecified atom stereocenters. The van der Waals surface area contributed by atoms with Gasteiger partial charge in [-0.3, -0.25) is 13.8 Å². The maximum atomic E-state index is 13.4. The molecule has 4 rings (SSSR count). The average Bonchev–Trinajstić information content (AvgIpc) is 2.93. The molecule has 0 aliphatic rings. The summed E-state index contributed by atoms with van der Waals surface area (Å²) in [5, 5.41) is 2.29. The minimum atomic E-state index is -4.79. The molecule has 0 fully saturated rings. The normalized spacial score (nSPS) is 12.0. The summed E-state index contributed by atoms with van der Waals surface area (Å²) in [6, 6.07) is 20.7. The number of nitrogens with one attached hydrogen (secondary N) is 2. The molecule has 42 heavy (non-hydrogen) atoms. The highest BCUT2D eigenvalue weighted by atomic mass is 35.5. The monoisotopic (exact) mass is 657 g/mol. The lowest BCUT2D eigenvalue weighted by Crippen LogP contribution is -2.38. The molecule has 220 valence electrons. The van der Waals surface area contributed by atoms with Crippen molar-refractivity contribution in [2.24, 2.45) is 0 Å². The number of sulfonamides is 2. The third-order valence-corrected chi connectivity index (χ3v) is 9.47. The predicted molar refractivity (Wildman–Crippen MR) is 155 cm³/mol. The van der Waals surface area contributed by atoms with E-state index in [0.717, 1.165) is 28.6 Å². The van der Waals surface area contributed by atoms with Crippen LogP contribution in [0.25, 0.3) is 0 Å². The van der Waals surface area contributed by atoms with Crippen LogP contribution in [0.15, 0.2) is 107 Å². The molecule has 0 aliphatic heterocycles. The van der Waals surface area contributed by atoms with Crippen molar-refractivity contribution < 1.29 is 34.8 Å². The number of halogens is 5.